The Morgan fingerprint density at radius 2 is 2.18 bits per heavy atom. The molecule has 1 aliphatic rings. The molecule has 1 heterocycles. The van der Waals surface area contributed by atoms with E-state index in [0.29, 0.717) is 32.5 Å². The molecule has 1 fully saturated rings. The number of piperidine rings is 1. The normalized spacial score (nSPS) is 22.2. The van der Waals surface area contributed by atoms with E-state index in [1.807, 2.05) is 13.8 Å². The number of aliphatic carboxylic acids is 1. The van der Waals surface area contributed by atoms with Gasteiger partial charge >= 0.3 is 5.97 Å². The number of amides is 1. The van der Waals surface area contributed by atoms with Crippen molar-refractivity contribution in [3.63, 3.8) is 0 Å². The van der Waals surface area contributed by atoms with Gasteiger partial charge in [0.2, 0.25) is 0 Å². The van der Waals surface area contributed by atoms with Crippen LogP contribution < -0.4 is 0 Å². The van der Waals surface area contributed by atoms with E-state index >= 15 is 0 Å². The van der Waals surface area contributed by atoms with E-state index < -0.39 is 18.0 Å². The number of likely N-dealkylation sites (tertiary alicyclic amines) is 1. The predicted molar refractivity (Wildman–Crippen MR) is 62.6 cm³/mol. The first kappa shape index (κ1) is 14.0. The molecule has 0 bridgehead atoms. The second-order valence-corrected chi connectivity index (χ2v) is 4.31. The Balaban J connectivity index is 2.58. The van der Waals surface area contributed by atoms with Gasteiger partial charge in [-0.15, -0.1) is 0 Å². The maximum absolute atomic E-state index is 12.1. The highest BCUT2D eigenvalue weighted by Gasteiger charge is 2.31. The van der Waals surface area contributed by atoms with Crippen molar-refractivity contribution in [2.45, 2.75) is 39.2 Å². The number of rotatable bonds is 5. The van der Waals surface area contributed by atoms with Crippen molar-refractivity contribution in [1.82, 2.24) is 4.90 Å². The lowest BCUT2D eigenvalue weighted by molar-refractivity contribution is -0.150. The summed E-state index contributed by atoms with van der Waals surface area (Å²) in [6, 6.07) is 0. The molecule has 2 atom stereocenters. The molecule has 1 aliphatic heterocycles. The Bertz CT molecular complexity index is 280. The van der Waals surface area contributed by atoms with Crippen LogP contribution >= 0.6 is 0 Å². The minimum atomic E-state index is -0.813. The molecule has 0 aromatic rings. The maximum Gasteiger partial charge on any atom is 0.308 e. The molecule has 5 heteroatoms. The molecule has 0 radical (unpaired) electrons. The monoisotopic (exact) mass is 243 g/mol. The van der Waals surface area contributed by atoms with Crippen LogP contribution in [0.25, 0.3) is 0 Å². The Morgan fingerprint density at radius 3 is 2.71 bits per heavy atom. The molecule has 1 saturated heterocycles. The third-order valence-electron chi connectivity index (χ3n) is 3.10. The number of nitrogens with zero attached hydrogens (tertiary/aromatic N) is 1. The molecule has 1 N–H and O–H groups in total. The van der Waals surface area contributed by atoms with Gasteiger partial charge in [0.1, 0.15) is 6.10 Å². The zero-order chi connectivity index (χ0) is 12.8. The Labute approximate surface area is 102 Å². The van der Waals surface area contributed by atoms with E-state index in [1.165, 1.54) is 0 Å². The van der Waals surface area contributed by atoms with E-state index in [-0.39, 0.29) is 5.91 Å². The van der Waals surface area contributed by atoms with Gasteiger partial charge in [-0.05, 0) is 26.2 Å². The predicted octanol–water partition coefficient (Wildman–Crippen LogP) is 1.12. The van der Waals surface area contributed by atoms with E-state index in [4.69, 9.17) is 9.84 Å². The van der Waals surface area contributed by atoms with Gasteiger partial charge in [0, 0.05) is 19.7 Å². The lowest BCUT2D eigenvalue weighted by Gasteiger charge is -2.33. The SMILES string of the molecule is CCO[C@H](CC)C(=O)N1CCC[C@@H](C(=O)O)C1. The Kier molecular flexibility index (Phi) is 5.41. The van der Waals surface area contributed by atoms with Crippen LogP contribution in [0.5, 0.6) is 0 Å². The topological polar surface area (TPSA) is 66.8 Å². The lowest BCUT2D eigenvalue weighted by Crippen LogP contribution is -2.47. The minimum absolute atomic E-state index is 0.0692. The fourth-order valence-electron chi connectivity index (χ4n) is 2.15. The summed E-state index contributed by atoms with van der Waals surface area (Å²) in [6.45, 7) is 5.22. The molecule has 1 rings (SSSR count). The molecule has 0 saturated carbocycles. The fourth-order valence-corrected chi connectivity index (χ4v) is 2.15. The summed E-state index contributed by atoms with van der Waals surface area (Å²) in [5, 5.41) is 8.97. The van der Waals surface area contributed by atoms with Crippen molar-refractivity contribution in [3.8, 4) is 0 Å². The lowest BCUT2D eigenvalue weighted by atomic mass is 9.98. The van der Waals surface area contributed by atoms with Crippen molar-refractivity contribution in [3.05, 3.63) is 0 Å². The Morgan fingerprint density at radius 1 is 1.47 bits per heavy atom. The molecule has 0 aliphatic carbocycles. The zero-order valence-electron chi connectivity index (χ0n) is 10.5. The van der Waals surface area contributed by atoms with E-state index in [2.05, 4.69) is 0 Å². The molecular formula is C12H21NO4. The summed E-state index contributed by atoms with van der Waals surface area (Å²) >= 11 is 0. The number of hydrogen-bond acceptors (Lipinski definition) is 3. The van der Waals surface area contributed by atoms with Gasteiger partial charge in [-0.25, -0.2) is 0 Å². The van der Waals surface area contributed by atoms with Crippen LogP contribution in [0.1, 0.15) is 33.1 Å². The smallest absolute Gasteiger partial charge is 0.308 e. The van der Waals surface area contributed by atoms with Crippen LogP contribution in [0.4, 0.5) is 0 Å². The summed E-state index contributed by atoms with van der Waals surface area (Å²) < 4.78 is 5.36. The molecule has 98 valence electrons. The average molecular weight is 243 g/mol. The van der Waals surface area contributed by atoms with Crippen molar-refractivity contribution in [2.24, 2.45) is 5.92 Å². The molecule has 0 aromatic heterocycles. The summed E-state index contributed by atoms with van der Waals surface area (Å²) in [6.07, 6.45) is 1.61. The quantitative estimate of drug-likeness (QED) is 0.786. The molecule has 0 spiro atoms. The van der Waals surface area contributed by atoms with Gasteiger partial charge < -0.3 is 14.7 Å². The van der Waals surface area contributed by atoms with E-state index in [1.54, 1.807) is 4.90 Å². The molecule has 5 nitrogen and oxygen atoms in total. The van der Waals surface area contributed by atoms with Crippen molar-refractivity contribution < 1.29 is 19.4 Å². The van der Waals surface area contributed by atoms with Crippen LogP contribution in [0.2, 0.25) is 0 Å². The fraction of sp³-hybridized carbons (Fsp3) is 0.833. The van der Waals surface area contributed by atoms with Crippen LogP contribution in [0.3, 0.4) is 0 Å². The summed E-state index contributed by atoms with van der Waals surface area (Å²) in [7, 11) is 0. The number of carbonyl (C=O) groups is 2. The average Bonchev–Trinajstić information content (AvgIpc) is 2.35. The molecule has 0 unspecified atom stereocenters. The van der Waals surface area contributed by atoms with Crippen LogP contribution in [-0.4, -0.2) is 47.7 Å². The zero-order valence-corrected chi connectivity index (χ0v) is 10.5. The van der Waals surface area contributed by atoms with E-state index in [9.17, 15) is 9.59 Å². The first-order valence-corrected chi connectivity index (χ1v) is 6.23. The largest absolute Gasteiger partial charge is 0.481 e. The van der Waals surface area contributed by atoms with Gasteiger partial charge in [-0.3, -0.25) is 9.59 Å². The third-order valence-corrected chi connectivity index (χ3v) is 3.10. The third kappa shape index (κ3) is 3.70. The van der Waals surface area contributed by atoms with E-state index in [0.717, 1.165) is 6.42 Å². The van der Waals surface area contributed by atoms with Gasteiger partial charge in [-0.1, -0.05) is 6.92 Å². The molecular weight excluding hydrogens is 222 g/mol. The Hall–Kier alpha value is -1.10. The maximum atomic E-state index is 12.1. The van der Waals surface area contributed by atoms with Crippen LogP contribution in [0.15, 0.2) is 0 Å². The number of carboxylic acids is 1. The standard InChI is InChI=1S/C12H21NO4/c1-3-10(17-4-2)11(14)13-7-5-6-9(8-13)12(15)16/h9-10H,3-8H2,1-2H3,(H,15,16)/t9-,10-/m1/s1. The second-order valence-electron chi connectivity index (χ2n) is 4.31. The highest BCUT2D eigenvalue weighted by Crippen LogP contribution is 2.18. The molecule has 17 heavy (non-hydrogen) atoms. The number of ether oxygens (including phenoxy) is 1. The van der Waals surface area contributed by atoms with Gasteiger partial charge in [0.05, 0.1) is 5.92 Å². The van der Waals surface area contributed by atoms with Gasteiger partial charge in [0.25, 0.3) is 5.91 Å². The van der Waals surface area contributed by atoms with Gasteiger partial charge in [0.15, 0.2) is 0 Å². The number of carbonyl (C=O) groups excluding carboxylic acids is 1. The summed E-state index contributed by atoms with van der Waals surface area (Å²) in [5.41, 5.74) is 0. The minimum Gasteiger partial charge on any atom is -0.481 e. The number of hydrogen-bond donors (Lipinski definition) is 1. The van der Waals surface area contributed by atoms with Crippen LogP contribution in [-0.2, 0) is 14.3 Å². The molecule has 0 aromatic carbocycles. The van der Waals surface area contributed by atoms with Crippen molar-refractivity contribution in [2.75, 3.05) is 19.7 Å². The first-order valence-electron chi connectivity index (χ1n) is 6.23. The van der Waals surface area contributed by atoms with Crippen LogP contribution in [0, 0.1) is 5.92 Å². The highest BCUT2D eigenvalue weighted by atomic mass is 16.5. The van der Waals surface area contributed by atoms with Crippen molar-refractivity contribution in [1.29, 1.82) is 0 Å². The second kappa shape index (κ2) is 6.59. The summed E-state index contributed by atoms with van der Waals surface area (Å²) in [4.78, 5) is 24.6. The summed E-state index contributed by atoms with van der Waals surface area (Å²) in [5.74, 6) is -1.31. The molecule has 1 amide bonds. The van der Waals surface area contributed by atoms with Gasteiger partial charge in [-0.2, -0.15) is 0 Å². The number of carboxylic acid groups (broad SMARTS) is 1. The first-order chi connectivity index (χ1) is 8.10. The highest BCUT2D eigenvalue weighted by molar-refractivity contribution is 5.82. The van der Waals surface area contributed by atoms with Crippen molar-refractivity contribution >= 4 is 11.9 Å².